The molecular weight excluding hydrogens is 325 g/mol. The lowest BCUT2D eigenvalue weighted by atomic mass is 10.2. The van der Waals surface area contributed by atoms with Crippen molar-refractivity contribution in [3.8, 4) is 5.75 Å². The molecule has 0 radical (unpaired) electrons. The first-order chi connectivity index (χ1) is 11.2. The Morgan fingerprint density at radius 1 is 1.33 bits per heavy atom. The minimum atomic E-state index is -4.73. The molecule has 1 aromatic carbocycles. The molecule has 0 fully saturated rings. The van der Waals surface area contributed by atoms with E-state index in [0.717, 1.165) is 18.6 Å². The molecule has 1 aromatic rings. The zero-order chi connectivity index (χ0) is 18.2. The van der Waals surface area contributed by atoms with Crippen LogP contribution in [-0.4, -0.2) is 30.8 Å². The van der Waals surface area contributed by atoms with Crippen LogP contribution in [0, 0.1) is 0 Å². The van der Waals surface area contributed by atoms with Gasteiger partial charge in [0.2, 0.25) is 5.91 Å². The minimum absolute atomic E-state index is 0.0656. The number of carbonyl (C=O) groups is 1. The average Bonchev–Trinajstić information content (AvgIpc) is 2.47. The van der Waals surface area contributed by atoms with Crippen molar-refractivity contribution >= 4 is 17.6 Å². The monoisotopic (exact) mass is 346 g/mol. The molecule has 0 aliphatic heterocycles. The molecule has 24 heavy (non-hydrogen) atoms. The lowest BCUT2D eigenvalue weighted by molar-refractivity contribution is -0.274. The van der Waals surface area contributed by atoms with Gasteiger partial charge in [-0.2, -0.15) is 0 Å². The number of amides is 1. The van der Waals surface area contributed by atoms with Crippen molar-refractivity contribution in [2.75, 3.05) is 11.9 Å². The van der Waals surface area contributed by atoms with Gasteiger partial charge in [-0.15, -0.1) is 13.2 Å². The highest BCUT2D eigenvalue weighted by molar-refractivity contribution is 5.92. The Kier molecular flexibility index (Phi) is 7.34. The first kappa shape index (κ1) is 19.6. The van der Waals surface area contributed by atoms with Gasteiger partial charge in [-0.25, -0.2) is 0 Å². The summed E-state index contributed by atoms with van der Waals surface area (Å²) in [5, 5.41) is 5.52. The lowest BCUT2D eigenvalue weighted by Gasteiger charge is -2.11. The van der Waals surface area contributed by atoms with Gasteiger partial charge in [-0.05, 0) is 37.6 Å². The van der Waals surface area contributed by atoms with E-state index in [1.54, 1.807) is 0 Å². The highest BCUT2D eigenvalue weighted by atomic mass is 19.4. The summed E-state index contributed by atoms with van der Waals surface area (Å²) in [5.41, 5.74) is 6.11. The molecule has 1 unspecified atom stereocenters. The Morgan fingerprint density at radius 2 is 1.96 bits per heavy atom. The van der Waals surface area contributed by atoms with Crippen molar-refractivity contribution in [2.24, 2.45) is 10.7 Å². The molecule has 0 saturated carbocycles. The molecule has 0 spiro atoms. The number of nitrogens with two attached hydrogens (primary N) is 1. The van der Waals surface area contributed by atoms with E-state index in [2.05, 4.69) is 20.4 Å². The third kappa shape index (κ3) is 8.25. The maximum absolute atomic E-state index is 12.0. The molecule has 6 nitrogen and oxygen atoms in total. The van der Waals surface area contributed by atoms with Crippen LogP contribution in [0.3, 0.4) is 0 Å². The highest BCUT2D eigenvalue weighted by Gasteiger charge is 2.30. The number of hydrogen-bond acceptors (Lipinski definition) is 3. The Labute approximate surface area is 138 Å². The predicted molar refractivity (Wildman–Crippen MR) is 85.7 cm³/mol. The Bertz CT molecular complexity index is 559. The van der Waals surface area contributed by atoms with Gasteiger partial charge < -0.3 is 21.1 Å². The van der Waals surface area contributed by atoms with Crippen LogP contribution in [0.2, 0.25) is 0 Å². The third-order valence-corrected chi connectivity index (χ3v) is 3.00. The van der Waals surface area contributed by atoms with E-state index in [1.165, 1.54) is 12.1 Å². The highest BCUT2D eigenvalue weighted by Crippen LogP contribution is 2.23. The number of aliphatic imine (C=N–C) groups is 1. The SMILES string of the molecule is CCC(C)NC(=O)CCN=C(N)Nc1ccc(OC(F)(F)F)cc1. The first-order valence-corrected chi connectivity index (χ1v) is 7.41. The van der Waals surface area contributed by atoms with E-state index in [1.807, 2.05) is 13.8 Å². The summed E-state index contributed by atoms with van der Waals surface area (Å²) in [6.07, 6.45) is -3.69. The van der Waals surface area contributed by atoms with Gasteiger partial charge in [0.15, 0.2) is 5.96 Å². The third-order valence-electron chi connectivity index (χ3n) is 3.00. The lowest BCUT2D eigenvalue weighted by Crippen LogP contribution is -2.32. The van der Waals surface area contributed by atoms with Crippen LogP contribution in [0.15, 0.2) is 29.3 Å². The maximum Gasteiger partial charge on any atom is 0.573 e. The Morgan fingerprint density at radius 3 is 2.50 bits per heavy atom. The van der Waals surface area contributed by atoms with Crippen LogP contribution in [0.1, 0.15) is 26.7 Å². The topological polar surface area (TPSA) is 88.7 Å². The van der Waals surface area contributed by atoms with Gasteiger partial charge in [-0.1, -0.05) is 6.92 Å². The van der Waals surface area contributed by atoms with Crippen molar-refractivity contribution in [2.45, 2.75) is 39.1 Å². The number of halogens is 3. The molecule has 4 N–H and O–H groups in total. The number of ether oxygens (including phenoxy) is 1. The first-order valence-electron chi connectivity index (χ1n) is 7.41. The summed E-state index contributed by atoms with van der Waals surface area (Å²) in [5.74, 6) is -0.379. The second kappa shape index (κ2) is 8.99. The number of nitrogens with zero attached hydrogens (tertiary/aromatic N) is 1. The smallest absolute Gasteiger partial charge is 0.406 e. The van der Waals surface area contributed by atoms with Crippen molar-refractivity contribution in [3.63, 3.8) is 0 Å². The number of rotatable bonds is 7. The number of hydrogen-bond donors (Lipinski definition) is 3. The molecule has 134 valence electrons. The Hall–Kier alpha value is -2.45. The van der Waals surface area contributed by atoms with Crippen molar-refractivity contribution in [3.05, 3.63) is 24.3 Å². The summed E-state index contributed by atoms with van der Waals surface area (Å²) >= 11 is 0. The normalized spacial score (nSPS) is 13.3. The van der Waals surface area contributed by atoms with Gasteiger partial charge in [0, 0.05) is 18.2 Å². The zero-order valence-corrected chi connectivity index (χ0v) is 13.5. The fourth-order valence-corrected chi connectivity index (χ4v) is 1.65. The Balaban J connectivity index is 2.44. The molecule has 0 aliphatic rings. The van der Waals surface area contributed by atoms with Crippen molar-refractivity contribution < 1.29 is 22.7 Å². The van der Waals surface area contributed by atoms with Gasteiger partial charge in [0.25, 0.3) is 0 Å². The molecule has 0 bridgehead atoms. The second-order valence-corrected chi connectivity index (χ2v) is 5.09. The largest absolute Gasteiger partial charge is 0.573 e. The van der Waals surface area contributed by atoms with Gasteiger partial charge in [0.05, 0.1) is 6.54 Å². The van der Waals surface area contributed by atoms with E-state index in [4.69, 9.17) is 5.73 Å². The van der Waals surface area contributed by atoms with Crippen LogP contribution in [0.25, 0.3) is 0 Å². The van der Waals surface area contributed by atoms with Crippen LogP contribution in [0.4, 0.5) is 18.9 Å². The molecule has 1 rings (SSSR count). The zero-order valence-electron chi connectivity index (χ0n) is 13.5. The van der Waals surface area contributed by atoms with E-state index in [0.29, 0.717) is 5.69 Å². The molecule has 0 saturated heterocycles. The molecule has 0 aromatic heterocycles. The average molecular weight is 346 g/mol. The minimum Gasteiger partial charge on any atom is -0.406 e. The summed E-state index contributed by atoms with van der Waals surface area (Å²) in [7, 11) is 0. The predicted octanol–water partition coefficient (Wildman–Crippen LogP) is 2.62. The fraction of sp³-hybridized carbons (Fsp3) is 0.467. The number of carbonyl (C=O) groups excluding carboxylic acids is 1. The number of guanidine groups is 1. The van der Waals surface area contributed by atoms with E-state index in [-0.39, 0.29) is 36.6 Å². The quantitative estimate of drug-likeness (QED) is 0.523. The summed E-state index contributed by atoms with van der Waals surface area (Å²) < 4.78 is 39.9. The standard InChI is InChI=1S/C15H21F3N4O2/c1-3-10(2)21-13(23)8-9-20-14(19)22-11-4-6-12(7-5-11)24-15(16,17)18/h4-7,10H,3,8-9H2,1-2H3,(H,21,23)(H3,19,20,22). The van der Waals surface area contributed by atoms with Crippen LogP contribution in [0.5, 0.6) is 5.75 Å². The molecule has 1 atom stereocenters. The fourth-order valence-electron chi connectivity index (χ4n) is 1.65. The van der Waals surface area contributed by atoms with Crippen molar-refractivity contribution in [1.82, 2.24) is 5.32 Å². The number of nitrogens with one attached hydrogen (secondary N) is 2. The molecule has 1 amide bonds. The van der Waals surface area contributed by atoms with E-state index >= 15 is 0 Å². The summed E-state index contributed by atoms with van der Waals surface area (Å²) in [4.78, 5) is 15.5. The summed E-state index contributed by atoms with van der Waals surface area (Å²) in [6, 6.07) is 5.16. The molecular formula is C15H21F3N4O2. The maximum atomic E-state index is 12.0. The molecule has 0 heterocycles. The number of anilines is 1. The van der Waals surface area contributed by atoms with E-state index in [9.17, 15) is 18.0 Å². The summed E-state index contributed by atoms with van der Waals surface area (Å²) in [6.45, 7) is 4.08. The molecule has 9 heteroatoms. The number of alkyl halides is 3. The number of benzene rings is 1. The molecule has 0 aliphatic carbocycles. The van der Waals surface area contributed by atoms with Gasteiger partial charge >= 0.3 is 6.36 Å². The second-order valence-electron chi connectivity index (χ2n) is 5.09. The van der Waals surface area contributed by atoms with Crippen LogP contribution < -0.4 is 21.1 Å². The van der Waals surface area contributed by atoms with Crippen LogP contribution >= 0.6 is 0 Å². The van der Waals surface area contributed by atoms with Gasteiger partial charge in [0.1, 0.15) is 5.75 Å². The van der Waals surface area contributed by atoms with Crippen molar-refractivity contribution in [1.29, 1.82) is 0 Å². The van der Waals surface area contributed by atoms with Gasteiger partial charge in [-0.3, -0.25) is 9.79 Å². The van der Waals surface area contributed by atoms with Crippen LogP contribution in [-0.2, 0) is 4.79 Å². The van der Waals surface area contributed by atoms with E-state index < -0.39 is 6.36 Å².